The fourth-order valence-electron chi connectivity index (χ4n) is 2.24. The molecule has 1 atom stereocenters. The predicted octanol–water partition coefficient (Wildman–Crippen LogP) is 1.69. The minimum atomic E-state index is -0.271. The van der Waals surface area contributed by atoms with Gasteiger partial charge in [-0.1, -0.05) is 0 Å². The van der Waals surface area contributed by atoms with Gasteiger partial charge in [0.25, 0.3) is 0 Å². The van der Waals surface area contributed by atoms with E-state index < -0.39 is 0 Å². The molecule has 1 fully saturated rings. The standard InChI is InChI=1S/C11H17NO2/c1-8-10(11(13)9(2)14-8)12-6-4-3-5-7-12/h9H,3-7H2,1-2H3. The molecule has 2 aliphatic heterocycles. The van der Waals surface area contributed by atoms with Crippen molar-refractivity contribution in [2.75, 3.05) is 13.1 Å². The van der Waals surface area contributed by atoms with Crippen molar-refractivity contribution >= 4 is 5.78 Å². The summed E-state index contributed by atoms with van der Waals surface area (Å²) in [6, 6.07) is 0. The summed E-state index contributed by atoms with van der Waals surface area (Å²) in [6.45, 7) is 5.73. The quantitative estimate of drug-likeness (QED) is 0.637. The SMILES string of the molecule is CC1=C(N2CCCCC2)C(=O)C(C)O1. The van der Waals surface area contributed by atoms with Crippen molar-refractivity contribution in [2.45, 2.75) is 39.2 Å². The van der Waals surface area contributed by atoms with Crippen LogP contribution in [0.2, 0.25) is 0 Å². The Bertz CT molecular complexity index is 277. The van der Waals surface area contributed by atoms with E-state index in [4.69, 9.17) is 4.74 Å². The molecule has 14 heavy (non-hydrogen) atoms. The first-order chi connectivity index (χ1) is 6.70. The summed E-state index contributed by atoms with van der Waals surface area (Å²) in [6.07, 6.45) is 3.40. The molecular formula is C11H17NO2. The molecular weight excluding hydrogens is 178 g/mol. The van der Waals surface area contributed by atoms with Crippen molar-refractivity contribution in [1.82, 2.24) is 4.90 Å². The summed E-state index contributed by atoms with van der Waals surface area (Å²) >= 11 is 0. The zero-order valence-electron chi connectivity index (χ0n) is 8.88. The highest BCUT2D eigenvalue weighted by Gasteiger charge is 2.33. The van der Waals surface area contributed by atoms with Crippen LogP contribution in [0.15, 0.2) is 11.5 Å². The van der Waals surface area contributed by atoms with E-state index in [-0.39, 0.29) is 11.9 Å². The van der Waals surface area contributed by atoms with Gasteiger partial charge in [-0.2, -0.15) is 0 Å². The third kappa shape index (κ3) is 1.51. The van der Waals surface area contributed by atoms with Crippen LogP contribution in [-0.4, -0.2) is 29.9 Å². The van der Waals surface area contributed by atoms with Crippen LogP contribution in [-0.2, 0) is 9.53 Å². The molecule has 1 saturated heterocycles. The Morgan fingerprint density at radius 3 is 2.43 bits per heavy atom. The van der Waals surface area contributed by atoms with Crippen LogP contribution in [0.4, 0.5) is 0 Å². The number of Topliss-reactive ketones (excluding diaryl/α,β-unsaturated/α-hetero) is 1. The van der Waals surface area contributed by atoms with Gasteiger partial charge in [0, 0.05) is 13.1 Å². The molecule has 0 bridgehead atoms. The highest BCUT2D eigenvalue weighted by atomic mass is 16.5. The second-order valence-electron chi connectivity index (χ2n) is 4.08. The second kappa shape index (κ2) is 3.64. The van der Waals surface area contributed by atoms with Gasteiger partial charge in [-0.3, -0.25) is 4.79 Å². The summed E-state index contributed by atoms with van der Waals surface area (Å²) in [5.41, 5.74) is 0.831. The van der Waals surface area contributed by atoms with E-state index in [0.29, 0.717) is 0 Å². The maximum Gasteiger partial charge on any atom is 0.222 e. The first kappa shape index (κ1) is 9.56. The molecule has 0 aromatic rings. The maximum absolute atomic E-state index is 11.8. The van der Waals surface area contributed by atoms with Crippen molar-refractivity contribution < 1.29 is 9.53 Å². The summed E-state index contributed by atoms with van der Waals surface area (Å²) in [4.78, 5) is 14.0. The fourth-order valence-corrected chi connectivity index (χ4v) is 2.24. The van der Waals surface area contributed by atoms with E-state index in [0.717, 1.165) is 24.5 Å². The van der Waals surface area contributed by atoms with Gasteiger partial charge < -0.3 is 9.64 Å². The molecule has 2 heterocycles. The Hall–Kier alpha value is -0.990. The van der Waals surface area contributed by atoms with Gasteiger partial charge in [-0.05, 0) is 33.1 Å². The molecule has 3 heteroatoms. The van der Waals surface area contributed by atoms with E-state index in [1.165, 1.54) is 19.3 Å². The second-order valence-corrected chi connectivity index (χ2v) is 4.08. The van der Waals surface area contributed by atoms with Crippen LogP contribution in [0.3, 0.4) is 0 Å². The van der Waals surface area contributed by atoms with Crippen molar-refractivity contribution in [3.8, 4) is 0 Å². The number of likely N-dealkylation sites (tertiary alicyclic amines) is 1. The van der Waals surface area contributed by atoms with Gasteiger partial charge in [0.15, 0.2) is 6.10 Å². The molecule has 2 aliphatic rings. The lowest BCUT2D eigenvalue weighted by molar-refractivity contribution is -0.121. The number of hydrogen-bond donors (Lipinski definition) is 0. The molecule has 0 N–H and O–H groups in total. The smallest absolute Gasteiger partial charge is 0.222 e. The molecule has 0 aromatic heterocycles. The lowest BCUT2D eigenvalue weighted by atomic mass is 10.1. The summed E-state index contributed by atoms with van der Waals surface area (Å²) in [5.74, 6) is 0.966. The third-order valence-corrected chi connectivity index (χ3v) is 2.96. The average molecular weight is 195 g/mol. The zero-order chi connectivity index (χ0) is 10.1. The number of ketones is 1. The molecule has 2 rings (SSSR count). The van der Waals surface area contributed by atoms with Crippen LogP contribution in [0.1, 0.15) is 33.1 Å². The highest BCUT2D eigenvalue weighted by molar-refractivity contribution is 6.00. The monoisotopic (exact) mass is 195 g/mol. The van der Waals surface area contributed by atoms with Crippen molar-refractivity contribution in [3.05, 3.63) is 11.5 Å². The summed E-state index contributed by atoms with van der Waals surface area (Å²) < 4.78 is 5.43. The minimum absolute atomic E-state index is 0.157. The number of ether oxygens (including phenoxy) is 1. The lowest BCUT2D eigenvalue weighted by Gasteiger charge is -2.28. The van der Waals surface area contributed by atoms with E-state index in [2.05, 4.69) is 4.90 Å². The number of rotatable bonds is 1. The Balaban J connectivity index is 2.15. The summed E-state index contributed by atoms with van der Waals surface area (Å²) in [5, 5.41) is 0. The Morgan fingerprint density at radius 2 is 1.93 bits per heavy atom. The molecule has 0 aromatic carbocycles. The van der Waals surface area contributed by atoms with Gasteiger partial charge in [0.05, 0.1) is 0 Å². The van der Waals surface area contributed by atoms with Crippen molar-refractivity contribution in [3.63, 3.8) is 0 Å². The number of carbonyl (C=O) groups is 1. The van der Waals surface area contributed by atoms with Crippen LogP contribution in [0.25, 0.3) is 0 Å². The van der Waals surface area contributed by atoms with E-state index in [1.807, 2.05) is 13.8 Å². The van der Waals surface area contributed by atoms with Crippen LogP contribution >= 0.6 is 0 Å². The minimum Gasteiger partial charge on any atom is -0.485 e. The first-order valence-electron chi connectivity index (χ1n) is 5.37. The normalized spacial score (nSPS) is 28.3. The third-order valence-electron chi connectivity index (χ3n) is 2.96. The van der Waals surface area contributed by atoms with Crippen molar-refractivity contribution in [1.29, 1.82) is 0 Å². The molecule has 0 aliphatic carbocycles. The highest BCUT2D eigenvalue weighted by Crippen LogP contribution is 2.26. The number of allylic oxidation sites excluding steroid dienone is 1. The fraction of sp³-hybridized carbons (Fsp3) is 0.727. The molecule has 0 amide bonds. The van der Waals surface area contributed by atoms with Crippen LogP contribution in [0.5, 0.6) is 0 Å². The summed E-state index contributed by atoms with van der Waals surface area (Å²) in [7, 11) is 0. The van der Waals surface area contributed by atoms with Gasteiger partial charge in [-0.25, -0.2) is 0 Å². The Morgan fingerprint density at radius 1 is 1.29 bits per heavy atom. The number of piperidine rings is 1. The Kier molecular flexibility index (Phi) is 2.48. The predicted molar refractivity (Wildman–Crippen MR) is 53.7 cm³/mol. The number of nitrogens with zero attached hydrogens (tertiary/aromatic N) is 1. The molecule has 0 radical (unpaired) electrons. The molecule has 78 valence electrons. The van der Waals surface area contributed by atoms with E-state index in [1.54, 1.807) is 0 Å². The Labute approximate surface area is 84.7 Å². The zero-order valence-corrected chi connectivity index (χ0v) is 8.88. The van der Waals surface area contributed by atoms with Crippen LogP contribution in [0, 0.1) is 0 Å². The molecule has 1 unspecified atom stereocenters. The van der Waals surface area contributed by atoms with E-state index in [9.17, 15) is 4.79 Å². The molecule has 0 saturated carbocycles. The van der Waals surface area contributed by atoms with Gasteiger partial charge >= 0.3 is 0 Å². The van der Waals surface area contributed by atoms with Gasteiger partial charge in [0.2, 0.25) is 5.78 Å². The molecule has 0 spiro atoms. The topological polar surface area (TPSA) is 29.5 Å². The largest absolute Gasteiger partial charge is 0.485 e. The first-order valence-corrected chi connectivity index (χ1v) is 5.37. The maximum atomic E-state index is 11.8. The molecule has 3 nitrogen and oxygen atoms in total. The lowest BCUT2D eigenvalue weighted by Crippen LogP contribution is -2.33. The number of hydrogen-bond acceptors (Lipinski definition) is 3. The number of carbonyl (C=O) groups excluding carboxylic acids is 1. The average Bonchev–Trinajstić information content (AvgIpc) is 2.43. The van der Waals surface area contributed by atoms with Crippen LogP contribution < -0.4 is 0 Å². The van der Waals surface area contributed by atoms with Gasteiger partial charge in [0.1, 0.15) is 11.5 Å². The van der Waals surface area contributed by atoms with E-state index >= 15 is 0 Å². The van der Waals surface area contributed by atoms with Crippen molar-refractivity contribution in [2.24, 2.45) is 0 Å². The van der Waals surface area contributed by atoms with Gasteiger partial charge in [-0.15, -0.1) is 0 Å².